The third kappa shape index (κ3) is 6.02. The van der Waals surface area contributed by atoms with E-state index in [0.717, 1.165) is 0 Å². The maximum absolute atomic E-state index is 10.8. The first kappa shape index (κ1) is 15.9. The van der Waals surface area contributed by atoms with Crippen molar-refractivity contribution in [3.63, 3.8) is 0 Å². The molecule has 0 aliphatic rings. The molecule has 1 atom stereocenters. The Morgan fingerprint density at radius 3 is 2.95 bits per heavy atom. The molecule has 0 saturated heterocycles. The number of thioether (sulfide) groups is 1. The highest BCUT2D eigenvalue weighted by Crippen LogP contribution is 2.28. The minimum atomic E-state index is -0.554. The molecule has 1 unspecified atom stereocenters. The molecule has 0 aromatic heterocycles. The van der Waals surface area contributed by atoms with Crippen LogP contribution in [0.3, 0.4) is 0 Å². The summed E-state index contributed by atoms with van der Waals surface area (Å²) < 4.78 is 4.87. The summed E-state index contributed by atoms with van der Waals surface area (Å²) in [7, 11) is 1.61. The minimum absolute atomic E-state index is 0.0760. The fourth-order valence-electron chi connectivity index (χ4n) is 1.42. The molecule has 0 aliphatic carbocycles. The Hall–Kier alpha value is -1.15. The van der Waals surface area contributed by atoms with Gasteiger partial charge in [0.25, 0.3) is 5.69 Å². The van der Waals surface area contributed by atoms with Crippen LogP contribution in [0.25, 0.3) is 0 Å². The van der Waals surface area contributed by atoms with Crippen molar-refractivity contribution in [2.24, 2.45) is 0 Å². The number of nitrogens with one attached hydrogen (secondary N) is 1. The molecule has 7 heteroatoms. The van der Waals surface area contributed by atoms with Crippen LogP contribution in [-0.4, -0.2) is 48.7 Å². The number of aliphatic hydroxyl groups excluding tert-OH is 1. The van der Waals surface area contributed by atoms with Gasteiger partial charge in [0.1, 0.15) is 0 Å². The molecule has 0 aliphatic heterocycles. The predicted molar refractivity (Wildman–Crippen MR) is 74.6 cm³/mol. The topological polar surface area (TPSA) is 84.6 Å². The van der Waals surface area contributed by atoms with E-state index in [-0.39, 0.29) is 5.69 Å². The van der Waals surface area contributed by atoms with Crippen LogP contribution in [-0.2, 0) is 4.74 Å². The molecule has 2 N–H and O–H groups in total. The quantitative estimate of drug-likeness (QED) is 0.308. The van der Waals surface area contributed by atoms with E-state index in [1.807, 2.05) is 0 Å². The monoisotopic (exact) mass is 286 g/mol. The molecular formula is C12H18N2O4S. The average Bonchev–Trinajstić information content (AvgIpc) is 2.41. The number of hydrogen-bond donors (Lipinski definition) is 2. The van der Waals surface area contributed by atoms with Gasteiger partial charge in [-0.2, -0.15) is 0 Å². The number of para-hydroxylation sites is 1. The Morgan fingerprint density at radius 1 is 1.53 bits per heavy atom. The van der Waals surface area contributed by atoms with Crippen LogP contribution >= 0.6 is 11.8 Å². The fourth-order valence-corrected chi connectivity index (χ4v) is 2.37. The lowest BCUT2D eigenvalue weighted by molar-refractivity contribution is -0.387. The summed E-state index contributed by atoms with van der Waals surface area (Å²) in [6, 6.07) is 6.53. The van der Waals surface area contributed by atoms with E-state index in [9.17, 15) is 15.2 Å². The zero-order valence-corrected chi connectivity index (χ0v) is 11.6. The predicted octanol–water partition coefficient (Wildman–Crippen LogP) is 1.28. The summed E-state index contributed by atoms with van der Waals surface area (Å²) in [5.41, 5.74) is 0.0760. The zero-order valence-electron chi connectivity index (χ0n) is 10.7. The molecule has 0 spiro atoms. The summed E-state index contributed by atoms with van der Waals surface area (Å²) in [5.74, 6) is 0.408. The SMILES string of the molecule is COCCNCC(O)CSc1ccccc1[N+](=O)[O-]. The van der Waals surface area contributed by atoms with Crippen molar-refractivity contribution in [3.8, 4) is 0 Å². The van der Waals surface area contributed by atoms with Crippen molar-refractivity contribution in [2.75, 3.05) is 32.6 Å². The minimum Gasteiger partial charge on any atom is -0.391 e. The smallest absolute Gasteiger partial charge is 0.282 e. The maximum Gasteiger partial charge on any atom is 0.282 e. The number of hydrogen-bond acceptors (Lipinski definition) is 6. The highest BCUT2D eigenvalue weighted by molar-refractivity contribution is 7.99. The molecule has 0 saturated carbocycles. The summed E-state index contributed by atoms with van der Waals surface area (Å²) in [6.45, 7) is 1.70. The van der Waals surface area contributed by atoms with Gasteiger partial charge in [-0.1, -0.05) is 12.1 Å². The van der Waals surface area contributed by atoms with Crippen LogP contribution in [0.15, 0.2) is 29.2 Å². The van der Waals surface area contributed by atoms with Crippen molar-refractivity contribution in [1.29, 1.82) is 0 Å². The second-order valence-corrected chi connectivity index (χ2v) is 4.95. The van der Waals surface area contributed by atoms with E-state index >= 15 is 0 Å². The van der Waals surface area contributed by atoms with Gasteiger partial charge >= 0.3 is 0 Å². The molecular weight excluding hydrogens is 268 g/mol. The van der Waals surface area contributed by atoms with Gasteiger partial charge in [-0.05, 0) is 6.07 Å². The lowest BCUT2D eigenvalue weighted by Crippen LogP contribution is -2.30. The van der Waals surface area contributed by atoms with Gasteiger partial charge in [-0.15, -0.1) is 11.8 Å². The van der Waals surface area contributed by atoms with E-state index in [4.69, 9.17) is 4.74 Å². The largest absolute Gasteiger partial charge is 0.391 e. The Bertz CT molecular complexity index is 403. The number of benzene rings is 1. The summed E-state index contributed by atoms with van der Waals surface area (Å²) >= 11 is 1.28. The summed E-state index contributed by atoms with van der Waals surface area (Å²) in [5, 5.41) is 23.6. The van der Waals surface area contributed by atoms with Crippen molar-refractivity contribution < 1.29 is 14.8 Å². The molecule has 0 amide bonds. The number of nitro benzene ring substituents is 1. The third-order valence-corrected chi connectivity index (χ3v) is 3.56. The Balaban J connectivity index is 2.37. The highest BCUT2D eigenvalue weighted by atomic mass is 32.2. The normalized spacial score (nSPS) is 12.3. The maximum atomic E-state index is 10.8. The number of nitrogens with zero attached hydrogens (tertiary/aromatic N) is 1. The lowest BCUT2D eigenvalue weighted by Gasteiger charge is -2.11. The number of methoxy groups -OCH3 is 1. The Kier molecular flexibility index (Phi) is 7.42. The summed E-state index contributed by atoms with van der Waals surface area (Å²) in [6.07, 6.45) is -0.554. The van der Waals surface area contributed by atoms with Crippen LogP contribution in [0.4, 0.5) is 5.69 Å². The number of rotatable bonds is 9. The highest BCUT2D eigenvalue weighted by Gasteiger charge is 2.14. The molecule has 0 fully saturated rings. The molecule has 1 aromatic rings. The number of nitro groups is 1. The molecule has 0 heterocycles. The van der Waals surface area contributed by atoms with Gasteiger partial charge in [0.05, 0.1) is 22.5 Å². The molecule has 19 heavy (non-hydrogen) atoms. The molecule has 0 radical (unpaired) electrons. The Morgan fingerprint density at radius 2 is 2.26 bits per heavy atom. The van der Waals surface area contributed by atoms with E-state index < -0.39 is 11.0 Å². The molecule has 1 rings (SSSR count). The second kappa shape index (κ2) is 8.87. The molecule has 1 aromatic carbocycles. The van der Waals surface area contributed by atoms with Crippen LogP contribution in [0, 0.1) is 10.1 Å². The van der Waals surface area contributed by atoms with Crippen LogP contribution in [0.1, 0.15) is 0 Å². The van der Waals surface area contributed by atoms with E-state index in [1.54, 1.807) is 25.3 Å². The first-order valence-electron chi connectivity index (χ1n) is 5.89. The fraction of sp³-hybridized carbons (Fsp3) is 0.500. The third-order valence-electron chi connectivity index (χ3n) is 2.36. The number of ether oxygens (including phenoxy) is 1. The molecule has 106 valence electrons. The second-order valence-electron chi connectivity index (χ2n) is 3.89. The average molecular weight is 286 g/mol. The van der Waals surface area contributed by atoms with Crippen LogP contribution < -0.4 is 5.32 Å². The Labute approximate surface area is 116 Å². The van der Waals surface area contributed by atoms with Gasteiger partial charge in [0.15, 0.2) is 0 Å². The van der Waals surface area contributed by atoms with Crippen LogP contribution in [0.5, 0.6) is 0 Å². The van der Waals surface area contributed by atoms with Gasteiger partial charge in [0.2, 0.25) is 0 Å². The van der Waals surface area contributed by atoms with Gasteiger partial charge < -0.3 is 15.2 Å². The van der Waals surface area contributed by atoms with Crippen molar-refractivity contribution in [3.05, 3.63) is 34.4 Å². The van der Waals surface area contributed by atoms with Crippen LogP contribution in [0.2, 0.25) is 0 Å². The zero-order chi connectivity index (χ0) is 14.1. The van der Waals surface area contributed by atoms with E-state index in [0.29, 0.717) is 30.3 Å². The number of aliphatic hydroxyl groups is 1. The van der Waals surface area contributed by atoms with Gasteiger partial charge in [-0.3, -0.25) is 10.1 Å². The first-order valence-corrected chi connectivity index (χ1v) is 6.87. The van der Waals surface area contributed by atoms with Crippen molar-refractivity contribution in [2.45, 2.75) is 11.0 Å². The van der Waals surface area contributed by atoms with Crippen molar-refractivity contribution in [1.82, 2.24) is 5.32 Å². The summed E-state index contributed by atoms with van der Waals surface area (Å²) in [4.78, 5) is 11.0. The van der Waals surface area contributed by atoms with E-state index in [1.165, 1.54) is 17.8 Å². The van der Waals surface area contributed by atoms with Gasteiger partial charge in [0, 0.05) is 32.0 Å². The molecule has 6 nitrogen and oxygen atoms in total. The lowest BCUT2D eigenvalue weighted by atomic mass is 10.3. The molecule has 0 bridgehead atoms. The van der Waals surface area contributed by atoms with Crippen molar-refractivity contribution >= 4 is 17.4 Å². The van der Waals surface area contributed by atoms with E-state index in [2.05, 4.69) is 5.32 Å². The first-order chi connectivity index (χ1) is 9.15. The van der Waals surface area contributed by atoms with Gasteiger partial charge in [-0.25, -0.2) is 0 Å². The standard InChI is InChI=1S/C12H18N2O4S/c1-18-7-6-13-8-10(15)9-19-12-5-3-2-4-11(12)14(16)17/h2-5,10,13,15H,6-9H2,1H3.